The molecule has 102 valence electrons. The van der Waals surface area contributed by atoms with E-state index < -0.39 is 5.97 Å². The number of aliphatic hydroxyl groups is 1. The van der Waals surface area contributed by atoms with Gasteiger partial charge < -0.3 is 19.9 Å². The summed E-state index contributed by atoms with van der Waals surface area (Å²) in [6, 6.07) is 1.53. The normalized spacial score (nSPS) is 13.6. The summed E-state index contributed by atoms with van der Waals surface area (Å²) < 4.78 is 5.16. The summed E-state index contributed by atoms with van der Waals surface area (Å²) in [6.45, 7) is 6.65. The molecule has 0 aliphatic rings. The van der Waals surface area contributed by atoms with Gasteiger partial charge in [-0.1, -0.05) is 20.8 Å². The van der Waals surface area contributed by atoms with Gasteiger partial charge >= 0.3 is 5.97 Å². The zero-order valence-corrected chi connectivity index (χ0v) is 11.1. The Labute approximate surface area is 107 Å². The zero-order chi connectivity index (χ0) is 13.8. The number of aliphatic hydroxyl groups excluding tert-OH is 1. The highest BCUT2D eigenvalue weighted by atomic mass is 16.4. The van der Waals surface area contributed by atoms with Crippen LogP contribution in [0.15, 0.2) is 16.7 Å². The van der Waals surface area contributed by atoms with Gasteiger partial charge in [0, 0.05) is 12.6 Å². The molecular formula is C13H21NO4. The molecular weight excluding hydrogens is 234 g/mol. The van der Waals surface area contributed by atoms with Crippen LogP contribution in [0, 0.1) is 5.41 Å². The molecule has 0 radical (unpaired) electrons. The van der Waals surface area contributed by atoms with Crippen LogP contribution in [0.1, 0.15) is 43.3 Å². The molecule has 0 aromatic carbocycles. The summed E-state index contributed by atoms with van der Waals surface area (Å²) in [5.41, 5.74) is 0.165. The summed E-state index contributed by atoms with van der Waals surface area (Å²) in [5, 5.41) is 21.2. The van der Waals surface area contributed by atoms with E-state index in [9.17, 15) is 4.79 Å². The van der Waals surface area contributed by atoms with E-state index in [1.54, 1.807) is 0 Å². The van der Waals surface area contributed by atoms with E-state index in [4.69, 9.17) is 14.6 Å². The number of rotatable bonds is 6. The molecule has 1 aromatic heterocycles. The number of carbonyl (C=O) groups is 1. The maximum Gasteiger partial charge on any atom is 0.339 e. The standard InChI is InChI=1S/C13H21NO4/c1-13(2,3)11(4-6-15)14-8-10-9(12(16)17)5-7-18-10/h5,7,11,14-15H,4,6,8H2,1-3H3,(H,16,17). The third-order valence-electron chi connectivity index (χ3n) is 2.95. The fourth-order valence-corrected chi connectivity index (χ4v) is 1.85. The van der Waals surface area contributed by atoms with E-state index in [1.165, 1.54) is 12.3 Å². The van der Waals surface area contributed by atoms with Crippen molar-refractivity contribution in [3.63, 3.8) is 0 Å². The van der Waals surface area contributed by atoms with Crippen molar-refractivity contribution in [2.24, 2.45) is 5.41 Å². The van der Waals surface area contributed by atoms with Crippen molar-refractivity contribution in [1.82, 2.24) is 5.32 Å². The van der Waals surface area contributed by atoms with Gasteiger partial charge in [-0.25, -0.2) is 4.79 Å². The fourth-order valence-electron chi connectivity index (χ4n) is 1.85. The van der Waals surface area contributed by atoms with Gasteiger partial charge in [0.25, 0.3) is 0 Å². The summed E-state index contributed by atoms with van der Waals surface area (Å²) >= 11 is 0. The average Bonchev–Trinajstić information content (AvgIpc) is 2.70. The lowest BCUT2D eigenvalue weighted by molar-refractivity contribution is 0.0694. The summed E-state index contributed by atoms with van der Waals surface area (Å²) in [7, 11) is 0. The van der Waals surface area contributed by atoms with E-state index in [-0.39, 0.29) is 23.6 Å². The molecule has 0 saturated carbocycles. The Kier molecular flexibility index (Phi) is 4.93. The minimum atomic E-state index is -0.991. The van der Waals surface area contributed by atoms with Crippen LogP contribution in [0.5, 0.6) is 0 Å². The topological polar surface area (TPSA) is 82.7 Å². The zero-order valence-electron chi connectivity index (χ0n) is 11.1. The van der Waals surface area contributed by atoms with Gasteiger partial charge in [0.2, 0.25) is 0 Å². The van der Waals surface area contributed by atoms with Gasteiger partial charge in [0.15, 0.2) is 0 Å². The minimum Gasteiger partial charge on any atom is -0.478 e. The number of aromatic carboxylic acids is 1. The van der Waals surface area contributed by atoms with Gasteiger partial charge in [-0.2, -0.15) is 0 Å². The van der Waals surface area contributed by atoms with Gasteiger partial charge in [-0.3, -0.25) is 0 Å². The van der Waals surface area contributed by atoms with Crippen molar-refractivity contribution in [2.45, 2.75) is 39.8 Å². The monoisotopic (exact) mass is 255 g/mol. The van der Waals surface area contributed by atoms with Gasteiger partial charge in [0.1, 0.15) is 11.3 Å². The Hall–Kier alpha value is -1.33. The molecule has 0 spiro atoms. The van der Waals surface area contributed by atoms with Crippen LogP contribution < -0.4 is 5.32 Å². The van der Waals surface area contributed by atoms with E-state index >= 15 is 0 Å². The largest absolute Gasteiger partial charge is 0.478 e. The quantitative estimate of drug-likeness (QED) is 0.722. The highest BCUT2D eigenvalue weighted by molar-refractivity contribution is 5.88. The fraction of sp³-hybridized carbons (Fsp3) is 0.615. The molecule has 0 amide bonds. The Morgan fingerprint density at radius 2 is 2.17 bits per heavy atom. The lowest BCUT2D eigenvalue weighted by atomic mass is 9.85. The highest BCUT2D eigenvalue weighted by Gasteiger charge is 2.24. The second-order valence-corrected chi connectivity index (χ2v) is 5.37. The molecule has 1 heterocycles. The van der Waals surface area contributed by atoms with Crippen LogP contribution in [-0.2, 0) is 6.54 Å². The van der Waals surface area contributed by atoms with E-state index in [0.29, 0.717) is 18.7 Å². The molecule has 1 unspecified atom stereocenters. The van der Waals surface area contributed by atoms with Crippen LogP contribution in [0.4, 0.5) is 0 Å². The smallest absolute Gasteiger partial charge is 0.339 e. The molecule has 0 aliphatic carbocycles. The molecule has 5 heteroatoms. The summed E-state index contributed by atoms with van der Waals surface area (Å²) in [5.74, 6) is -0.579. The van der Waals surface area contributed by atoms with Crippen LogP contribution >= 0.6 is 0 Å². The number of carboxylic acids is 1. The predicted molar refractivity (Wildman–Crippen MR) is 67.5 cm³/mol. The van der Waals surface area contributed by atoms with Gasteiger partial charge in [-0.05, 0) is 17.9 Å². The maximum atomic E-state index is 10.9. The molecule has 0 bridgehead atoms. The van der Waals surface area contributed by atoms with E-state index in [0.717, 1.165) is 0 Å². The summed E-state index contributed by atoms with van der Waals surface area (Å²) in [4.78, 5) is 10.9. The van der Waals surface area contributed by atoms with Crippen molar-refractivity contribution in [2.75, 3.05) is 6.61 Å². The number of carboxylic acid groups (broad SMARTS) is 1. The SMILES string of the molecule is CC(C)(C)C(CCO)NCc1occc1C(=O)O. The third-order valence-corrected chi connectivity index (χ3v) is 2.95. The molecule has 1 aromatic rings. The van der Waals surface area contributed by atoms with Gasteiger partial charge in [0.05, 0.1) is 12.8 Å². The number of hydrogen-bond acceptors (Lipinski definition) is 4. The first-order chi connectivity index (χ1) is 8.36. The van der Waals surface area contributed by atoms with Crippen LogP contribution in [0.2, 0.25) is 0 Å². The third kappa shape index (κ3) is 3.85. The average molecular weight is 255 g/mol. The van der Waals surface area contributed by atoms with Crippen molar-refractivity contribution in [3.05, 3.63) is 23.7 Å². The summed E-state index contributed by atoms with van der Waals surface area (Å²) in [6.07, 6.45) is 1.99. The molecule has 1 atom stereocenters. The second kappa shape index (κ2) is 6.02. The van der Waals surface area contributed by atoms with Crippen molar-refractivity contribution in [3.8, 4) is 0 Å². The van der Waals surface area contributed by atoms with Crippen LogP contribution in [-0.4, -0.2) is 28.8 Å². The van der Waals surface area contributed by atoms with Crippen LogP contribution in [0.25, 0.3) is 0 Å². The first-order valence-electron chi connectivity index (χ1n) is 6.00. The molecule has 5 nitrogen and oxygen atoms in total. The maximum absolute atomic E-state index is 10.9. The molecule has 0 aliphatic heterocycles. The number of nitrogens with one attached hydrogen (secondary N) is 1. The highest BCUT2D eigenvalue weighted by Crippen LogP contribution is 2.22. The molecule has 18 heavy (non-hydrogen) atoms. The van der Waals surface area contributed by atoms with Crippen molar-refractivity contribution >= 4 is 5.97 Å². The lowest BCUT2D eigenvalue weighted by Crippen LogP contribution is -2.40. The minimum absolute atomic E-state index is 0.0152. The van der Waals surface area contributed by atoms with Crippen molar-refractivity contribution in [1.29, 1.82) is 0 Å². The first-order valence-corrected chi connectivity index (χ1v) is 6.00. The second-order valence-electron chi connectivity index (χ2n) is 5.37. The Balaban J connectivity index is 2.67. The molecule has 3 N–H and O–H groups in total. The lowest BCUT2D eigenvalue weighted by Gasteiger charge is -2.31. The predicted octanol–water partition coefficient (Wildman–Crippen LogP) is 1.86. The first kappa shape index (κ1) is 14.7. The van der Waals surface area contributed by atoms with E-state index in [2.05, 4.69) is 26.1 Å². The molecule has 0 fully saturated rings. The Morgan fingerprint density at radius 1 is 1.50 bits per heavy atom. The molecule has 1 rings (SSSR count). The van der Waals surface area contributed by atoms with Crippen LogP contribution in [0.3, 0.4) is 0 Å². The number of hydrogen-bond donors (Lipinski definition) is 3. The van der Waals surface area contributed by atoms with Gasteiger partial charge in [-0.15, -0.1) is 0 Å². The van der Waals surface area contributed by atoms with E-state index in [1.807, 2.05) is 0 Å². The van der Waals surface area contributed by atoms with Crippen molar-refractivity contribution < 1.29 is 19.4 Å². The Bertz CT molecular complexity index is 392. The molecule has 0 saturated heterocycles. The Morgan fingerprint density at radius 3 is 2.67 bits per heavy atom. The number of furan rings is 1.